The molecule has 8 heteroatoms. The number of para-hydroxylation sites is 1. The quantitative estimate of drug-likeness (QED) is 0.345. The number of thiazole rings is 1. The molecule has 1 atom stereocenters. The van der Waals surface area contributed by atoms with Gasteiger partial charge in [-0.05, 0) is 38.5 Å². The number of fused-ring (bicyclic) bond motifs is 1. The number of carbonyl (C=O) groups excluding carboxylic acids is 1. The molecule has 0 amide bonds. The highest BCUT2D eigenvalue weighted by Gasteiger charge is 2.33. The molecule has 2 heterocycles. The lowest BCUT2D eigenvalue weighted by Gasteiger charge is -2.24. The van der Waals surface area contributed by atoms with Gasteiger partial charge in [0.1, 0.15) is 6.61 Å². The topological polar surface area (TPSA) is 79.1 Å². The van der Waals surface area contributed by atoms with E-state index in [2.05, 4.69) is 11.6 Å². The lowest BCUT2D eigenvalue weighted by molar-refractivity contribution is -0.139. The molecule has 2 aromatic carbocycles. The van der Waals surface area contributed by atoms with E-state index in [-0.39, 0.29) is 18.8 Å². The third-order valence-electron chi connectivity index (χ3n) is 5.77. The SMILES string of the molecule is C=CCOc1c(/C=c2\sc3n(c2=O)[C@@H](c2ccc(C)cc2)C(C(=O)OCC)=C(C)N=3)cccc1OC. The first-order valence-corrected chi connectivity index (χ1v) is 12.4. The van der Waals surface area contributed by atoms with Crippen LogP contribution in [0.25, 0.3) is 6.08 Å². The molecule has 36 heavy (non-hydrogen) atoms. The minimum atomic E-state index is -0.648. The average molecular weight is 505 g/mol. The molecule has 3 aromatic rings. The van der Waals surface area contributed by atoms with Gasteiger partial charge in [0, 0.05) is 5.56 Å². The van der Waals surface area contributed by atoms with Gasteiger partial charge in [-0.2, -0.15) is 0 Å². The Hall–Kier alpha value is -3.91. The van der Waals surface area contributed by atoms with Crippen LogP contribution >= 0.6 is 11.3 Å². The van der Waals surface area contributed by atoms with Crippen molar-refractivity contribution in [3.63, 3.8) is 0 Å². The van der Waals surface area contributed by atoms with Crippen molar-refractivity contribution in [2.75, 3.05) is 20.3 Å². The van der Waals surface area contributed by atoms with Crippen molar-refractivity contribution in [1.82, 2.24) is 4.57 Å². The molecule has 0 bridgehead atoms. The number of ether oxygens (including phenoxy) is 3. The van der Waals surface area contributed by atoms with Crippen LogP contribution < -0.4 is 24.4 Å². The molecule has 7 nitrogen and oxygen atoms in total. The molecular weight excluding hydrogens is 476 g/mol. The maximum absolute atomic E-state index is 13.8. The molecule has 0 spiro atoms. The van der Waals surface area contributed by atoms with Crippen molar-refractivity contribution in [1.29, 1.82) is 0 Å². The summed E-state index contributed by atoms with van der Waals surface area (Å²) in [6.45, 7) is 9.74. The summed E-state index contributed by atoms with van der Waals surface area (Å²) in [5.74, 6) is 0.590. The average Bonchev–Trinajstić information content (AvgIpc) is 3.17. The Bertz CT molecular complexity index is 1510. The van der Waals surface area contributed by atoms with Crippen LogP contribution in [-0.2, 0) is 9.53 Å². The fourth-order valence-corrected chi connectivity index (χ4v) is 5.14. The van der Waals surface area contributed by atoms with Gasteiger partial charge < -0.3 is 14.2 Å². The summed E-state index contributed by atoms with van der Waals surface area (Å²) in [6, 6.07) is 12.6. The van der Waals surface area contributed by atoms with E-state index in [1.54, 1.807) is 43.7 Å². The number of benzene rings is 2. The molecule has 0 fully saturated rings. The summed E-state index contributed by atoms with van der Waals surface area (Å²) < 4.78 is 18.7. The molecule has 0 saturated carbocycles. The molecular formula is C28H28N2O5S. The van der Waals surface area contributed by atoms with Gasteiger partial charge in [0.2, 0.25) is 0 Å². The predicted octanol–water partition coefficient (Wildman–Crippen LogP) is 3.68. The van der Waals surface area contributed by atoms with Crippen LogP contribution in [0.1, 0.15) is 36.6 Å². The summed E-state index contributed by atoms with van der Waals surface area (Å²) in [5, 5.41) is 0. The number of esters is 1. The Balaban J connectivity index is 1.94. The molecule has 186 valence electrons. The summed E-state index contributed by atoms with van der Waals surface area (Å²) in [5.41, 5.74) is 3.21. The van der Waals surface area contributed by atoms with Crippen molar-refractivity contribution in [2.24, 2.45) is 4.99 Å². The number of aryl methyl sites for hydroxylation is 1. The highest BCUT2D eigenvalue weighted by Crippen LogP contribution is 2.32. The molecule has 4 rings (SSSR count). The Morgan fingerprint density at radius 3 is 2.61 bits per heavy atom. The van der Waals surface area contributed by atoms with Crippen molar-refractivity contribution in [3.05, 3.63) is 103 Å². The second-order valence-electron chi connectivity index (χ2n) is 8.19. The largest absolute Gasteiger partial charge is 0.493 e. The van der Waals surface area contributed by atoms with Crippen LogP contribution in [0.5, 0.6) is 11.5 Å². The monoisotopic (exact) mass is 504 g/mol. The Labute approximate surface area is 213 Å². The maximum atomic E-state index is 13.8. The molecule has 0 N–H and O–H groups in total. The molecule has 0 saturated heterocycles. The van der Waals surface area contributed by atoms with E-state index in [4.69, 9.17) is 14.2 Å². The number of carbonyl (C=O) groups is 1. The number of nitrogens with zero attached hydrogens (tertiary/aromatic N) is 2. The number of hydrogen-bond donors (Lipinski definition) is 0. The Morgan fingerprint density at radius 2 is 1.94 bits per heavy atom. The van der Waals surface area contributed by atoms with E-state index in [0.717, 1.165) is 11.1 Å². The summed E-state index contributed by atoms with van der Waals surface area (Å²) in [6.07, 6.45) is 3.41. The predicted molar refractivity (Wildman–Crippen MR) is 140 cm³/mol. The standard InChI is InChI=1S/C28H28N2O5S/c1-6-15-35-25-20(9-8-10-21(25)33-5)16-22-26(31)30-24(19-13-11-17(3)12-14-19)23(27(32)34-7-2)18(4)29-28(30)36-22/h6,8-14,16,24H,1,7,15H2,2-5H3/b22-16-/t24-/m0/s1. The number of allylic oxidation sites excluding steroid dienone is 1. The van der Waals surface area contributed by atoms with Crippen molar-refractivity contribution < 1.29 is 19.0 Å². The number of methoxy groups -OCH3 is 1. The van der Waals surface area contributed by atoms with Crippen molar-refractivity contribution in [3.8, 4) is 11.5 Å². The fraction of sp³-hybridized carbons (Fsp3) is 0.250. The first-order chi connectivity index (χ1) is 17.4. The molecule has 0 radical (unpaired) electrons. The van der Waals surface area contributed by atoms with Gasteiger partial charge in [-0.1, -0.05) is 66.0 Å². The molecule has 0 aliphatic carbocycles. The van der Waals surface area contributed by atoms with Crippen LogP contribution in [0.15, 0.2) is 76.2 Å². The minimum absolute atomic E-state index is 0.226. The van der Waals surface area contributed by atoms with Crippen LogP contribution in [0.2, 0.25) is 0 Å². The molecule has 0 unspecified atom stereocenters. The zero-order valence-electron chi connectivity index (χ0n) is 20.7. The van der Waals surface area contributed by atoms with Crippen molar-refractivity contribution >= 4 is 23.4 Å². The van der Waals surface area contributed by atoms with E-state index < -0.39 is 12.0 Å². The first kappa shape index (κ1) is 25.2. The van der Waals surface area contributed by atoms with E-state index in [0.29, 0.717) is 37.7 Å². The highest BCUT2D eigenvalue weighted by molar-refractivity contribution is 7.07. The zero-order valence-corrected chi connectivity index (χ0v) is 21.6. The van der Waals surface area contributed by atoms with Crippen LogP contribution in [0.3, 0.4) is 0 Å². The normalized spacial score (nSPS) is 15.2. The lowest BCUT2D eigenvalue weighted by atomic mass is 9.95. The highest BCUT2D eigenvalue weighted by atomic mass is 32.1. The number of aromatic nitrogens is 1. The molecule has 1 aliphatic heterocycles. The Kier molecular flexibility index (Phi) is 7.55. The molecule has 1 aromatic heterocycles. The lowest BCUT2D eigenvalue weighted by Crippen LogP contribution is -2.39. The van der Waals surface area contributed by atoms with Gasteiger partial charge in [-0.3, -0.25) is 9.36 Å². The fourth-order valence-electron chi connectivity index (χ4n) is 4.10. The van der Waals surface area contributed by atoms with Gasteiger partial charge in [-0.15, -0.1) is 0 Å². The van der Waals surface area contributed by atoms with Gasteiger partial charge in [0.05, 0.1) is 35.6 Å². The smallest absolute Gasteiger partial charge is 0.338 e. The number of rotatable bonds is 8. The second kappa shape index (κ2) is 10.8. The summed E-state index contributed by atoms with van der Waals surface area (Å²) in [7, 11) is 1.56. The van der Waals surface area contributed by atoms with Crippen molar-refractivity contribution in [2.45, 2.75) is 26.8 Å². The van der Waals surface area contributed by atoms with Crippen LogP contribution in [-0.4, -0.2) is 30.9 Å². The second-order valence-corrected chi connectivity index (χ2v) is 9.20. The summed E-state index contributed by atoms with van der Waals surface area (Å²) >= 11 is 1.26. The van der Waals surface area contributed by atoms with Gasteiger partial charge in [0.25, 0.3) is 5.56 Å². The first-order valence-electron chi connectivity index (χ1n) is 11.6. The van der Waals surface area contributed by atoms with Crippen LogP contribution in [0.4, 0.5) is 0 Å². The minimum Gasteiger partial charge on any atom is -0.493 e. The van der Waals surface area contributed by atoms with Gasteiger partial charge in [-0.25, -0.2) is 9.79 Å². The Morgan fingerprint density at radius 1 is 1.19 bits per heavy atom. The maximum Gasteiger partial charge on any atom is 0.338 e. The van der Waals surface area contributed by atoms with Gasteiger partial charge >= 0.3 is 5.97 Å². The zero-order chi connectivity index (χ0) is 25.8. The number of hydrogen-bond acceptors (Lipinski definition) is 7. The van der Waals surface area contributed by atoms with Crippen LogP contribution in [0, 0.1) is 6.92 Å². The van der Waals surface area contributed by atoms with E-state index in [9.17, 15) is 9.59 Å². The third kappa shape index (κ3) is 4.77. The summed E-state index contributed by atoms with van der Waals surface area (Å²) in [4.78, 5) is 31.9. The molecule has 1 aliphatic rings. The van der Waals surface area contributed by atoms with Gasteiger partial charge in [0.15, 0.2) is 16.3 Å². The van der Waals surface area contributed by atoms with E-state index in [1.807, 2.05) is 43.3 Å². The van der Waals surface area contributed by atoms with E-state index >= 15 is 0 Å². The third-order valence-corrected chi connectivity index (χ3v) is 6.75. The van der Waals surface area contributed by atoms with E-state index in [1.165, 1.54) is 11.3 Å².